The van der Waals surface area contributed by atoms with E-state index in [0.29, 0.717) is 17.4 Å². The van der Waals surface area contributed by atoms with Gasteiger partial charge in [-0.2, -0.15) is 0 Å². The van der Waals surface area contributed by atoms with Gasteiger partial charge in [0.25, 0.3) is 11.8 Å². The van der Waals surface area contributed by atoms with E-state index in [1.165, 1.54) is 6.42 Å². The third-order valence-electron chi connectivity index (χ3n) is 6.14. The van der Waals surface area contributed by atoms with Gasteiger partial charge in [0, 0.05) is 36.8 Å². The number of ether oxygens (including phenoxy) is 1. The number of amides is 2. The highest BCUT2D eigenvalue weighted by Gasteiger charge is 2.29. The van der Waals surface area contributed by atoms with Gasteiger partial charge in [-0.3, -0.25) is 9.59 Å². The van der Waals surface area contributed by atoms with Crippen LogP contribution in [0.25, 0.3) is 0 Å². The number of likely N-dealkylation sites (tertiary alicyclic amines) is 2. The summed E-state index contributed by atoms with van der Waals surface area (Å²) in [5.41, 5.74) is 0.667. The molecule has 2 aliphatic heterocycles. The van der Waals surface area contributed by atoms with Gasteiger partial charge >= 0.3 is 0 Å². The number of rotatable bonds is 5. The van der Waals surface area contributed by atoms with Crippen LogP contribution in [-0.4, -0.2) is 66.5 Å². The van der Waals surface area contributed by atoms with Crippen molar-refractivity contribution in [3.63, 3.8) is 0 Å². The topological polar surface area (TPSA) is 61.9 Å². The van der Waals surface area contributed by atoms with Gasteiger partial charge in [-0.1, -0.05) is 0 Å². The highest BCUT2D eigenvalue weighted by Crippen LogP contribution is 2.23. The first-order chi connectivity index (χ1) is 13.5. The molecule has 2 atom stereocenters. The molecule has 0 saturated carbocycles. The number of nitrogens with zero attached hydrogens (tertiary/aromatic N) is 2. The maximum Gasteiger partial charge on any atom is 0.260 e. The fraction of sp³-hybridized carbons (Fsp3) is 0.636. The van der Waals surface area contributed by atoms with Crippen LogP contribution in [0.3, 0.4) is 0 Å². The molecule has 0 spiro atoms. The molecule has 0 bridgehead atoms. The molecule has 162 valence electrons. The molecule has 2 saturated heterocycles. The summed E-state index contributed by atoms with van der Waals surface area (Å²) in [6, 6.07) is 8.19. The highest BCUT2D eigenvalue weighted by molar-refractivity contribution is 5.94. The highest BCUT2D eigenvalue weighted by atomic mass is 35.5. The van der Waals surface area contributed by atoms with Crippen LogP contribution < -0.4 is 10.1 Å². The summed E-state index contributed by atoms with van der Waals surface area (Å²) in [6.07, 6.45) is 5.25. The second-order valence-corrected chi connectivity index (χ2v) is 8.10. The first-order valence-corrected chi connectivity index (χ1v) is 10.5. The van der Waals surface area contributed by atoms with Crippen molar-refractivity contribution >= 4 is 24.2 Å². The van der Waals surface area contributed by atoms with Crippen molar-refractivity contribution < 1.29 is 14.3 Å². The fourth-order valence-electron chi connectivity index (χ4n) is 4.38. The lowest BCUT2D eigenvalue weighted by Crippen LogP contribution is -2.49. The predicted molar refractivity (Wildman–Crippen MR) is 117 cm³/mol. The van der Waals surface area contributed by atoms with E-state index in [0.717, 1.165) is 38.8 Å². The summed E-state index contributed by atoms with van der Waals surface area (Å²) in [7, 11) is 1.97. The molecule has 2 aliphatic rings. The van der Waals surface area contributed by atoms with Gasteiger partial charge in [0.05, 0.1) is 0 Å². The standard InChI is InChI=1S/C22H33N3O3.ClH/c1-16-5-4-6-17(2)25(16)21(26)15-28-20-9-7-18(8-10-20)22(27)24-13-11-19(23-3)12-14-24;/h7-10,16-17,19,23H,4-6,11-15H2,1-3H3;1H. The Kier molecular flexibility index (Phi) is 8.78. The molecule has 29 heavy (non-hydrogen) atoms. The van der Waals surface area contributed by atoms with Gasteiger partial charge in [0.15, 0.2) is 6.61 Å². The average Bonchev–Trinajstić information content (AvgIpc) is 2.72. The van der Waals surface area contributed by atoms with Crippen molar-refractivity contribution in [2.75, 3.05) is 26.7 Å². The van der Waals surface area contributed by atoms with Crippen molar-refractivity contribution in [3.8, 4) is 5.75 Å². The Morgan fingerprint density at radius 3 is 2.17 bits per heavy atom. The molecule has 1 N–H and O–H groups in total. The van der Waals surface area contributed by atoms with E-state index in [1.807, 2.05) is 16.8 Å². The summed E-state index contributed by atoms with van der Waals surface area (Å²) in [5.74, 6) is 0.719. The van der Waals surface area contributed by atoms with Crippen LogP contribution in [0, 0.1) is 0 Å². The van der Waals surface area contributed by atoms with E-state index in [9.17, 15) is 9.59 Å². The summed E-state index contributed by atoms with van der Waals surface area (Å²) in [4.78, 5) is 29.1. The zero-order chi connectivity index (χ0) is 20.1. The third-order valence-corrected chi connectivity index (χ3v) is 6.14. The zero-order valence-electron chi connectivity index (χ0n) is 17.7. The SMILES string of the molecule is CNC1CCN(C(=O)c2ccc(OCC(=O)N3C(C)CCCC3C)cc2)CC1.Cl. The van der Waals surface area contributed by atoms with Crippen LogP contribution in [0.2, 0.25) is 0 Å². The first kappa shape index (κ1) is 23.5. The molecule has 1 aromatic rings. The van der Waals surface area contributed by atoms with E-state index in [-0.39, 0.29) is 42.9 Å². The summed E-state index contributed by atoms with van der Waals surface area (Å²) >= 11 is 0. The Hall–Kier alpha value is -1.79. The lowest BCUT2D eigenvalue weighted by Gasteiger charge is -2.38. The Balaban J connectivity index is 0.00000300. The van der Waals surface area contributed by atoms with Gasteiger partial charge in [-0.05, 0) is 77.3 Å². The van der Waals surface area contributed by atoms with Gasteiger partial charge in [0.2, 0.25) is 0 Å². The minimum Gasteiger partial charge on any atom is -0.484 e. The van der Waals surface area contributed by atoms with E-state index in [4.69, 9.17) is 4.74 Å². The molecular weight excluding hydrogens is 390 g/mol. The van der Waals surface area contributed by atoms with Crippen molar-refractivity contribution in [2.45, 2.75) is 64.1 Å². The minimum atomic E-state index is 0. The Bertz CT molecular complexity index is 664. The molecule has 0 radical (unpaired) electrons. The van der Waals surface area contributed by atoms with Gasteiger partial charge in [0.1, 0.15) is 5.75 Å². The number of hydrogen-bond donors (Lipinski definition) is 1. The lowest BCUT2D eigenvalue weighted by atomic mass is 9.97. The second kappa shape index (κ2) is 10.8. The van der Waals surface area contributed by atoms with Crippen molar-refractivity contribution in [3.05, 3.63) is 29.8 Å². The number of nitrogens with one attached hydrogen (secondary N) is 1. The molecule has 0 aromatic heterocycles. The Morgan fingerprint density at radius 2 is 1.62 bits per heavy atom. The van der Waals surface area contributed by atoms with Crippen LogP contribution in [0.5, 0.6) is 5.75 Å². The number of carbonyl (C=O) groups is 2. The molecular formula is C22H34ClN3O3. The summed E-state index contributed by atoms with van der Waals surface area (Å²) in [6.45, 7) is 5.81. The van der Waals surface area contributed by atoms with Crippen LogP contribution in [0.1, 0.15) is 56.3 Å². The van der Waals surface area contributed by atoms with Gasteiger partial charge in [-0.25, -0.2) is 0 Å². The third kappa shape index (κ3) is 5.86. The van der Waals surface area contributed by atoms with Crippen molar-refractivity contribution in [1.82, 2.24) is 15.1 Å². The maximum absolute atomic E-state index is 12.7. The van der Waals surface area contributed by atoms with Crippen LogP contribution in [-0.2, 0) is 4.79 Å². The quantitative estimate of drug-likeness (QED) is 0.790. The molecule has 2 unspecified atom stereocenters. The largest absolute Gasteiger partial charge is 0.484 e. The second-order valence-electron chi connectivity index (χ2n) is 8.10. The zero-order valence-corrected chi connectivity index (χ0v) is 18.5. The molecule has 2 heterocycles. The van der Waals surface area contributed by atoms with Gasteiger partial charge in [-0.15, -0.1) is 12.4 Å². The summed E-state index contributed by atoms with van der Waals surface area (Å²) < 4.78 is 5.70. The molecule has 7 heteroatoms. The van der Waals surface area contributed by atoms with Crippen LogP contribution in [0.15, 0.2) is 24.3 Å². The van der Waals surface area contributed by atoms with Crippen LogP contribution in [0.4, 0.5) is 0 Å². The molecule has 1 aromatic carbocycles. The normalized spacial score (nSPS) is 22.7. The van der Waals surface area contributed by atoms with Crippen molar-refractivity contribution in [1.29, 1.82) is 0 Å². The lowest BCUT2D eigenvalue weighted by molar-refractivity contribution is -0.139. The Morgan fingerprint density at radius 1 is 1.03 bits per heavy atom. The Labute approximate surface area is 180 Å². The smallest absolute Gasteiger partial charge is 0.260 e. The summed E-state index contributed by atoms with van der Waals surface area (Å²) in [5, 5.41) is 3.28. The van der Waals surface area contributed by atoms with Crippen molar-refractivity contribution in [2.24, 2.45) is 0 Å². The predicted octanol–water partition coefficient (Wildman–Crippen LogP) is 3.10. The minimum absolute atomic E-state index is 0. The van der Waals surface area contributed by atoms with Gasteiger partial charge < -0.3 is 19.9 Å². The van der Waals surface area contributed by atoms with E-state index < -0.39 is 0 Å². The van der Waals surface area contributed by atoms with E-state index >= 15 is 0 Å². The number of halogens is 1. The molecule has 0 aliphatic carbocycles. The molecule has 6 nitrogen and oxygen atoms in total. The number of benzene rings is 1. The molecule has 2 fully saturated rings. The fourth-order valence-corrected chi connectivity index (χ4v) is 4.38. The number of hydrogen-bond acceptors (Lipinski definition) is 4. The van der Waals surface area contributed by atoms with E-state index in [2.05, 4.69) is 19.2 Å². The maximum atomic E-state index is 12.7. The number of piperidine rings is 2. The number of carbonyl (C=O) groups excluding carboxylic acids is 2. The molecule has 3 rings (SSSR count). The monoisotopic (exact) mass is 423 g/mol. The van der Waals surface area contributed by atoms with E-state index in [1.54, 1.807) is 24.3 Å². The first-order valence-electron chi connectivity index (χ1n) is 10.5. The average molecular weight is 424 g/mol. The molecule has 2 amide bonds. The van der Waals surface area contributed by atoms with Crippen LogP contribution >= 0.6 is 12.4 Å².